The number of ether oxygens (including phenoxy) is 1. The zero-order chi connectivity index (χ0) is 13.4. The molecule has 0 aliphatic rings. The van der Waals surface area contributed by atoms with Crippen molar-refractivity contribution in [3.05, 3.63) is 35.1 Å². The molecule has 0 aliphatic carbocycles. The topological polar surface area (TPSA) is 21.3 Å². The van der Waals surface area contributed by atoms with Gasteiger partial charge in [0.1, 0.15) is 5.82 Å². The average Bonchev–Trinajstić information content (AvgIpc) is 2.37. The summed E-state index contributed by atoms with van der Waals surface area (Å²) in [6, 6.07) is 5.31. The summed E-state index contributed by atoms with van der Waals surface area (Å²) in [5.74, 6) is -0.134. The maximum atomic E-state index is 13.9. The van der Waals surface area contributed by atoms with Gasteiger partial charge in [0, 0.05) is 24.8 Å². The molecule has 102 valence electrons. The highest BCUT2D eigenvalue weighted by Gasteiger charge is 2.15. The fourth-order valence-corrected chi connectivity index (χ4v) is 1.96. The van der Waals surface area contributed by atoms with E-state index < -0.39 is 0 Å². The Bertz CT molecular complexity index is 354. The molecule has 0 spiro atoms. The van der Waals surface area contributed by atoms with Gasteiger partial charge in [-0.1, -0.05) is 24.6 Å². The van der Waals surface area contributed by atoms with Crippen molar-refractivity contribution in [2.45, 2.75) is 39.7 Å². The first-order valence-corrected chi connectivity index (χ1v) is 6.76. The van der Waals surface area contributed by atoms with Crippen LogP contribution >= 0.6 is 0 Å². The van der Waals surface area contributed by atoms with E-state index >= 15 is 0 Å². The molecule has 1 aromatic carbocycles. The molecule has 0 bridgehead atoms. The molecule has 0 fully saturated rings. The third-order valence-electron chi connectivity index (χ3n) is 2.92. The van der Waals surface area contributed by atoms with Gasteiger partial charge in [0.05, 0.1) is 0 Å². The van der Waals surface area contributed by atoms with Crippen LogP contribution in [0.4, 0.5) is 4.39 Å². The van der Waals surface area contributed by atoms with Crippen LogP contribution < -0.4 is 5.32 Å². The molecule has 0 aromatic heterocycles. The summed E-state index contributed by atoms with van der Waals surface area (Å²) in [7, 11) is 0. The highest BCUT2D eigenvalue weighted by Crippen LogP contribution is 2.21. The smallest absolute Gasteiger partial charge is 0.127 e. The number of rotatable bonds is 8. The lowest BCUT2D eigenvalue weighted by atomic mass is 10.0. The minimum absolute atomic E-state index is 0.0383. The van der Waals surface area contributed by atoms with E-state index in [9.17, 15) is 4.39 Å². The Morgan fingerprint density at radius 2 is 2.11 bits per heavy atom. The van der Waals surface area contributed by atoms with Gasteiger partial charge in [-0.15, -0.1) is 0 Å². The van der Waals surface area contributed by atoms with E-state index in [1.165, 1.54) is 0 Å². The second kappa shape index (κ2) is 8.22. The number of hydrogen-bond acceptors (Lipinski definition) is 2. The van der Waals surface area contributed by atoms with Crippen LogP contribution in [0.15, 0.2) is 18.2 Å². The van der Waals surface area contributed by atoms with E-state index in [1.54, 1.807) is 12.1 Å². The van der Waals surface area contributed by atoms with Gasteiger partial charge in [-0.05, 0) is 39.3 Å². The van der Waals surface area contributed by atoms with E-state index in [1.807, 2.05) is 19.9 Å². The van der Waals surface area contributed by atoms with Gasteiger partial charge >= 0.3 is 0 Å². The van der Waals surface area contributed by atoms with Crippen molar-refractivity contribution in [2.24, 2.45) is 0 Å². The lowest BCUT2D eigenvalue weighted by Gasteiger charge is -2.20. The fourth-order valence-electron chi connectivity index (χ4n) is 1.96. The summed E-state index contributed by atoms with van der Waals surface area (Å²) >= 11 is 0. The molecular formula is C15H24FNO. The average molecular weight is 253 g/mol. The summed E-state index contributed by atoms with van der Waals surface area (Å²) in [5, 5.41) is 3.39. The molecule has 0 radical (unpaired) electrons. The number of nitrogens with one attached hydrogen (secondary N) is 1. The molecule has 0 amide bonds. The molecule has 0 saturated carbocycles. The van der Waals surface area contributed by atoms with Crippen molar-refractivity contribution >= 4 is 0 Å². The Labute approximate surface area is 110 Å². The molecule has 0 saturated heterocycles. The van der Waals surface area contributed by atoms with E-state index in [0.717, 1.165) is 30.5 Å². The lowest BCUT2D eigenvalue weighted by molar-refractivity contribution is 0.136. The SMILES string of the molecule is CCCNC(CCOCC)c1cc(C)ccc1F. The molecular weight excluding hydrogens is 229 g/mol. The molecule has 3 heteroatoms. The number of hydrogen-bond donors (Lipinski definition) is 1. The maximum absolute atomic E-state index is 13.9. The lowest BCUT2D eigenvalue weighted by Crippen LogP contribution is -2.24. The molecule has 0 aliphatic heterocycles. The minimum atomic E-state index is -0.134. The van der Waals surface area contributed by atoms with Crippen molar-refractivity contribution in [1.29, 1.82) is 0 Å². The quantitative estimate of drug-likeness (QED) is 0.715. The molecule has 2 nitrogen and oxygen atoms in total. The molecule has 18 heavy (non-hydrogen) atoms. The first-order chi connectivity index (χ1) is 8.69. The van der Waals surface area contributed by atoms with Gasteiger partial charge in [0.2, 0.25) is 0 Å². The second-order valence-corrected chi connectivity index (χ2v) is 4.52. The molecule has 1 aromatic rings. The van der Waals surface area contributed by atoms with E-state index in [-0.39, 0.29) is 11.9 Å². The maximum Gasteiger partial charge on any atom is 0.127 e. The second-order valence-electron chi connectivity index (χ2n) is 4.52. The Kier molecular flexibility index (Phi) is 6.91. The predicted octanol–water partition coefficient (Wildman–Crippen LogP) is 3.60. The van der Waals surface area contributed by atoms with E-state index in [2.05, 4.69) is 12.2 Å². The Balaban J connectivity index is 2.75. The zero-order valence-electron chi connectivity index (χ0n) is 11.6. The highest BCUT2D eigenvalue weighted by molar-refractivity contribution is 5.26. The summed E-state index contributed by atoms with van der Waals surface area (Å²) in [5.41, 5.74) is 1.84. The Morgan fingerprint density at radius 3 is 2.78 bits per heavy atom. The summed E-state index contributed by atoms with van der Waals surface area (Å²) < 4.78 is 19.2. The largest absolute Gasteiger partial charge is 0.382 e. The van der Waals surface area contributed by atoms with Crippen molar-refractivity contribution in [3.63, 3.8) is 0 Å². The monoisotopic (exact) mass is 253 g/mol. The number of halogens is 1. The van der Waals surface area contributed by atoms with Crippen LogP contribution in [0.2, 0.25) is 0 Å². The standard InChI is InChI=1S/C15H24FNO/c1-4-9-17-15(8-10-18-5-2)13-11-12(3)6-7-14(13)16/h6-7,11,15,17H,4-5,8-10H2,1-3H3. The van der Waals surface area contributed by atoms with Gasteiger partial charge in [0.15, 0.2) is 0 Å². The molecule has 1 atom stereocenters. The Morgan fingerprint density at radius 1 is 1.33 bits per heavy atom. The number of aryl methyl sites for hydroxylation is 1. The van der Waals surface area contributed by atoms with E-state index in [4.69, 9.17) is 4.74 Å². The number of benzene rings is 1. The van der Waals surface area contributed by atoms with Crippen LogP contribution in [-0.4, -0.2) is 19.8 Å². The normalized spacial score (nSPS) is 12.7. The highest BCUT2D eigenvalue weighted by atomic mass is 19.1. The predicted molar refractivity (Wildman–Crippen MR) is 73.3 cm³/mol. The van der Waals surface area contributed by atoms with E-state index in [0.29, 0.717) is 13.2 Å². The third kappa shape index (κ3) is 4.75. The van der Waals surface area contributed by atoms with Gasteiger partial charge in [0.25, 0.3) is 0 Å². The fraction of sp³-hybridized carbons (Fsp3) is 0.600. The van der Waals surface area contributed by atoms with Crippen LogP contribution in [0.3, 0.4) is 0 Å². The van der Waals surface area contributed by atoms with Gasteiger partial charge in [-0.3, -0.25) is 0 Å². The van der Waals surface area contributed by atoms with Crippen LogP contribution in [0.5, 0.6) is 0 Å². The van der Waals surface area contributed by atoms with Crippen LogP contribution in [0.1, 0.15) is 43.9 Å². The van der Waals surface area contributed by atoms with Crippen LogP contribution in [0.25, 0.3) is 0 Å². The van der Waals surface area contributed by atoms with Crippen molar-refractivity contribution < 1.29 is 9.13 Å². The first kappa shape index (κ1) is 15.1. The van der Waals surface area contributed by atoms with Crippen molar-refractivity contribution in [3.8, 4) is 0 Å². The van der Waals surface area contributed by atoms with Crippen molar-refractivity contribution in [2.75, 3.05) is 19.8 Å². The molecule has 1 N–H and O–H groups in total. The molecule has 1 unspecified atom stereocenters. The summed E-state index contributed by atoms with van der Waals surface area (Å²) in [4.78, 5) is 0. The molecule has 1 rings (SSSR count). The minimum Gasteiger partial charge on any atom is -0.382 e. The van der Waals surface area contributed by atoms with Crippen LogP contribution in [-0.2, 0) is 4.74 Å². The van der Waals surface area contributed by atoms with Crippen LogP contribution in [0, 0.1) is 12.7 Å². The Hall–Kier alpha value is -0.930. The molecule has 0 heterocycles. The summed E-state index contributed by atoms with van der Waals surface area (Å²) in [6.07, 6.45) is 1.84. The summed E-state index contributed by atoms with van der Waals surface area (Å²) in [6.45, 7) is 8.33. The van der Waals surface area contributed by atoms with Gasteiger partial charge in [-0.2, -0.15) is 0 Å². The van der Waals surface area contributed by atoms with Gasteiger partial charge in [-0.25, -0.2) is 4.39 Å². The third-order valence-corrected chi connectivity index (χ3v) is 2.92. The van der Waals surface area contributed by atoms with Gasteiger partial charge < -0.3 is 10.1 Å². The van der Waals surface area contributed by atoms with Crippen molar-refractivity contribution in [1.82, 2.24) is 5.32 Å². The first-order valence-electron chi connectivity index (χ1n) is 6.76. The zero-order valence-corrected chi connectivity index (χ0v) is 11.6.